The van der Waals surface area contributed by atoms with Crippen LogP contribution >= 0.6 is 11.6 Å². The molecule has 1 heterocycles. The number of nitrogens with two attached hydrogens (primary N) is 1. The molecule has 2 N–H and O–H groups in total. The molecule has 0 spiro atoms. The van der Waals surface area contributed by atoms with Crippen molar-refractivity contribution in [2.24, 2.45) is 5.73 Å². The highest BCUT2D eigenvalue weighted by Crippen LogP contribution is 2.30. The van der Waals surface area contributed by atoms with E-state index in [0.717, 1.165) is 11.1 Å². The Kier molecular flexibility index (Phi) is 3.79. The molecular weight excluding hydrogens is 255 g/mol. The quantitative estimate of drug-likeness (QED) is 0.926. The number of hydrogen-bond donors (Lipinski definition) is 1. The summed E-state index contributed by atoms with van der Waals surface area (Å²) in [6.45, 7) is 2.28. The summed E-state index contributed by atoms with van der Waals surface area (Å²) in [5.74, 6) is 0.394. The molecule has 0 radical (unpaired) electrons. The summed E-state index contributed by atoms with van der Waals surface area (Å²) in [6.07, 6.45) is 1.64. The largest absolute Gasteiger partial charge is 0.437 e. The second-order valence-electron chi connectivity index (χ2n) is 3.85. The first-order valence-corrected chi connectivity index (χ1v) is 5.76. The van der Waals surface area contributed by atoms with E-state index < -0.39 is 5.82 Å². The molecule has 0 aliphatic heterocycles. The fourth-order valence-electron chi connectivity index (χ4n) is 1.50. The van der Waals surface area contributed by atoms with Crippen molar-refractivity contribution < 1.29 is 9.13 Å². The van der Waals surface area contributed by atoms with Crippen LogP contribution in [0.4, 0.5) is 4.39 Å². The van der Waals surface area contributed by atoms with E-state index in [0.29, 0.717) is 18.2 Å². The van der Waals surface area contributed by atoms with Gasteiger partial charge in [-0.1, -0.05) is 11.6 Å². The number of aryl methyl sites for hydroxylation is 1. The fourth-order valence-corrected chi connectivity index (χ4v) is 1.71. The van der Waals surface area contributed by atoms with Gasteiger partial charge in [0.2, 0.25) is 5.88 Å². The molecule has 2 aromatic rings. The molecule has 0 unspecified atom stereocenters. The van der Waals surface area contributed by atoms with Crippen molar-refractivity contribution in [2.75, 3.05) is 0 Å². The lowest BCUT2D eigenvalue weighted by Crippen LogP contribution is -1.99. The second kappa shape index (κ2) is 5.33. The van der Waals surface area contributed by atoms with Crippen molar-refractivity contribution >= 4 is 11.6 Å². The SMILES string of the molecule is Cc1cc(CN)cnc1Oc1ccc(F)cc1Cl. The van der Waals surface area contributed by atoms with E-state index >= 15 is 0 Å². The van der Waals surface area contributed by atoms with Crippen molar-refractivity contribution in [1.29, 1.82) is 0 Å². The molecule has 18 heavy (non-hydrogen) atoms. The topological polar surface area (TPSA) is 48.1 Å². The number of hydrogen-bond acceptors (Lipinski definition) is 3. The Balaban J connectivity index is 2.28. The van der Waals surface area contributed by atoms with Gasteiger partial charge in [0, 0.05) is 18.3 Å². The summed E-state index contributed by atoms with van der Waals surface area (Å²) in [7, 11) is 0. The van der Waals surface area contributed by atoms with Crippen LogP contribution in [0.2, 0.25) is 5.02 Å². The molecule has 0 fully saturated rings. The molecule has 2 rings (SSSR count). The highest BCUT2D eigenvalue weighted by molar-refractivity contribution is 6.32. The van der Waals surface area contributed by atoms with E-state index in [1.807, 2.05) is 13.0 Å². The molecule has 5 heteroatoms. The minimum Gasteiger partial charge on any atom is -0.437 e. The molecular formula is C13H12ClFN2O. The molecule has 0 amide bonds. The average Bonchev–Trinajstić information content (AvgIpc) is 2.34. The van der Waals surface area contributed by atoms with Crippen molar-refractivity contribution in [1.82, 2.24) is 4.98 Å². The van der Waals surface area contributed by atoms with Crippen LogP contribution in [0.1, 0.15) is 11.1 Å². The van der Waals surface area contributed by atoms with Gasteiger partial charge in [0.05, 0.1) is 5.02 Å². The van der Waals surface area contributed by atoms with Gasteiger partial charge in [0.15, 0.2) is 0 Å². The zero-order valence-corrected chi connectivity index (χ0v) is 10.5. The predicted molar refractivity (Wildman–Crippen MR) is 68.3 cm³/mol. The first kappa shape index (κ1) is 12.8. The monoisotopic (exact) mass is 266 g/mol. The van der Waals surface area contributed by atoms with Gasteiger partial charge in [0.1, 0.15) is 11.6 Å². The van der Waals surface area contributed by atoms with E-state index in [2.05, 4.69) is 4.98 Å². The summed E-state index contributed by atoms with van der Waals surface area (Å²) >= 11 is 5.88. The normalized spacial score (nSPS) is 10.4. The van der Waals surface area contributed by atoms with Crippen LogP contribution < -0.4 is 10.5 Å². The molecule has 0 bridgehead atoms. The number of benzene rings is 1. The fraction of sp³-hybridized carbons (Fsp3) is 0.154. The Morgan fingerprint density at radius 2 is 2.17 bits per heavy atom. The van der Waals surface area contributed by atoms with E-state index in [9.17, 15) is 4.39 Å². The highest BCUT2D eigenvalue weighted by atomic mass is 35.5. The van der Waals surface area contributed by atoms with Gasteiger partial charge in [0.25, 0.3) is 0 Å². The predicted octanol–water partition coefficient (Wildman–Crippen LogP) is 3.43. The number of ether oxygens (including phenoxy) is 1. The van der Waals surface area contributed by atoms with Gasteiger partial charge in [-0.15, -0.1) is 0 Å². The number of rotatable bonds is 3. The summed E-state index contributed by atoms with van der Waals surface area (Å²) in [6, 6.07) is 5.83. The van der Waals surface area contributed by atoms with Crippen LogP contribution in [0.5, 0.6) is 11.6 Å². The Morgan fingerprint density at radius 3 is 2.78 bits per heavy atom. The lowest BCUT2D eigenvalue weighted by Gasteiger charge is -2.09. The van der Waals surface area contributed by atoms with Crippen LogP contribution in [-0.2, 0) is 6.54 Å². The number of halogens is 2. The van der Waals surface area contributed by atoms with E-state index in [4.69, 9.17) is 22.1 Å². The Labute approximate surface area is 109 Å². The van der Waals surface area contributed by atoms with Crippen LogP contribution in [0.15, 0.2) is 30.5 Å². The second-order valence-corrected chi connectivity index (χ2v) is 4.25. The first-order chi connectivity index (χ1) is 8.60. The van der Waals surface area contributed by atoms with E-state index in [1.54, 1.807) is 6.20 Å². The molecule has 0 aliphatic rings. The van der Waals surface area contributed by atoms with Crippen LogP contribution in [0.25, 0.3) is 0 Å². The minimum absolute atomic E-state index is 0.208. The van der Waals surface area contributed by atoms with Gasteiger partial charge < -0.3 is 10.5 Å². The zero-order chi connectivity index (χ0) is 13.1. The first-order valence-electron chi connectivity index (χ1n) is 5.38. The maximum absolute atomic E-state index is 12.9. The molecule has 0 saturated carbocycles. The molecule has 94 valence electrons. The average molecular weight is 267 g/mol. The molecule has 0 aliphatic carbocycles. The third-order valence-corrected chi connectivity index (χ3v) is 2.72. The third kappa shape index (κ3) is 2.78. The van der Waals surface area contributed by atoms with Gasteiger partial charge in [-0.3, -0.25) is 0 Å². The van der Waals surface area contributed by atoms with Crippen LogP contribution in [0.3, 0.4) is 0 Å². The van der Waals surface area contributed by atoms with E-state index in [-0.39, 0.29) is 5.02 Å². The van der Waals surface area contributed by atoms with Crippen LogP contribution in [-0.4, -0.2) is 4.98 Å². The summed E-state index contributed by atoms with van der Waals surface area (Å²) < 4.78 is 18.4. The highest BCUT2D eigenvalue weighted by Gasteiger charge is 2.08. The van der Waals surface area contributed by atoms with Gasteiger partial charge >= 0.3 is 0 Å². The van der Waals surface area contributed by atoms with Crippen LogP contribution in [0, 0.1) is 12.7 Å². The lowest BCUT2D eigenvalue weighted by atomic mass is 10.2. The standard InChI is InChI=1S/C13H12ClFN2O/c1-8-4-9(6-16)7-17-13(8)18-12-3-2-10(15)5-11(12)14/h2-5,7H,6,16H2,1H3. The third-order valence-electron chi connectivity index (χ3n) is 2.42. The van der Waals surface area contributed by atoms with E-state index in [1.165, 1.54) is 18.2 Å². The number of nitrogens with zero attached hydrogens (tertiary/aromatic N) is 1. The van der Waals surface area contributed by atoms with Crippen molar-refractivity contribution in [3.8, 4) is 11.6 Å². The lowest BCUT2D eigenvalue weighted by molar-refractivity contribution is 0.457. The molecule has 1 aromatic heterocycles. The Hall–Kier alpha value is -1.65. The molecule has 0 atom stereocenters. The van der Waals surface area contributed by atoms with Crippen molar-refractivity contribution in [2.45, 2.75) is 13.5 Å². The van der Waals surface area contributed by atoms with Gasteiger partial charge in [-0.25, -0.2) is 9.37 Å². The molecule has 3 nitrogen and oxygen atoms in total. The Bertz CT molecular complexity index is 575. The molecule has 0 saturated heterocycles. The summed E-state index contributed by atoms with van der Waals surface area (Å²) in [4.78, 5) is 4.15. The van der Waals surface area contributed by atoms with Crippen molar-refractivity contribution in [3.05, 3.63) is 52.4 Å². The van der Waals surface area contributed by atoms with Gasteiger partial charge in [-0.05, 0) is 36.8 Å². The van der Waals surface area contributed by atoms with Crippen molar-refractivity contribution in [3.63, 3.8) is 0 Å². The maximum atomic E-state index is 12.9. The summed E-state index contributed by atoms with van der Waals surface area (Å²) in [5.41, 5.74) is 7.29. The minimum atomic E-state index is -0.407. The smallest absolute Gasteiger partial charge is 0.222 e. The Morgan fingerprint density at radius 1 is 1.39 bits per heavy atom. The zero-order valence-electron chi connectivity index (χ0n) is 9.78. The summed E-state index contributed by atoms with van der Waals surface area (Å²) in [5, 5.41) is 0.208. The van der Waals surface area contributed by atoms with Gasteiger partial charge in [-0.2, -0.15) is 0 Å². The number of pyridine rings is 1. The molecule has 1 aromatic carbocycles. The number of aromatic nitrogens is 1. The maximum Gasteiger partial charge on any atom is 0.222 e.